The second kappa shape index (κ2) is 8.89. The Morgan fingerprint density at radius 2 is 1.97 bits per heavy atom. The van der Waals surface area contributed by atoms with E-state index in [0.717, 1.165) is 31.7 Å². The van der Waals surface area contributed by atoms with Crippen molar-refractivity contribution in [3.05, 3.63) is 36.0 Å². The molecule has 1 saturated heterocycles. The molecular formula is C24H30F3N3O2. The van der Waals surface area contributed by atoms with Crippen LogP contribution in [0.25, 0.3) is 10.9 Å². The summed E-state index contributed by atoms with van der Waals surface area (Å²) in [5, 5.41) is 14.2. The normalized spacial score (nSPS) is 23.8. The molecule has 4 rings (SSSR count). The Morgan fingerprint density at radius 3 is 2.69 bits per heavy atom. The first-order valence-corrected chi connectivity index (χ1v) is 11.4. The first-order chi connectivity index (χ1) is 15.1. The first-order valence-electron chi connectivity index (χ1n) is 11.4. The molecule has 5 nitrogen and oxygen atoms in total. The minimum absolute atomic E-state index is 0.0594. The maximum atomic E-state index is 13.5. The number of hydrogen-bond acceptors (Lipinski definition) is 4. The molecule has 8 heteroatoms. The number of pyridine rings is 1. The van der Waals surface area contributed by atoms with Crippen molar-refractivity contribution in [3.63, 3.8) is 0 Å². The zero-order chi connectivity index (χ0) is 22.9. The van der Waals surface area contributed by atoms with Crippen LogP contribution in [0.1, 0.15) is 57.4 Å². The molecule has 2 aliphatic rings. The van der Waals surface area contributed by atoms with Crippen LogP contribution >= 0.6 is 0 Å². The van der Waals surface area contributed by atoms with Crippen molar-refractivity contribution in [2.75, 3.05) is 18.0 Å². The van der Waals surface area contributed by atoms with E-state index >= 15 is 0 Å². The van der Waals surface area contributed by atoms with E-state index in [4.69, 9.17) is 0 Å². The van der Waals surface area contributed by atoms with Crippen LogP contribution in [0.2, 0.25) is 0 Å². The van der Waals surface area contributed by atoms with Crippen LogP contribution in [-0.4, -0.2) is 40.7 Å². The second-order valence-corrected chi connectivity index (χ2v) is 9.50. The topological polar surface area (TPSA) is 65.5 Å². The minimum Gasteiger partial charge on any atom is -0.389 e. The Morgan fingerprint density at radius 1 is 1.22 bits per heavy atom. The average Bonchev–Trinajstić information content (AvgIpc) is 2.71. The summed E-state index contributed by atoms with van der Waals surface area (Å²) in [4.78, 5) is 18.7. The first kappa shape index (κ1) is 22.8. The van der Waals surface area contributed by atoms with E-state index in [-0.39, 0.29) is 29.8 Å². The summed E-state index contributed by atoms with van der Waals surface area (Å²) in [6.07, 6.45) is 2.06. The number of nitrogens with one attached hydrogen (secondary N) is 1. The SMILES string of the molecule is CC1CC(NC(=O)CC2(O)CCCCC2)CN(c2ccc(C(F)(F)F)c3ncccc23)C1. The van der Waals surface area contributed by atoms with Crippen molar-refractivity contribution in [1.29, 1.82) is 0 Å². The van der Waals surface area contributed by atoms with Crippen molar-refractivity contribution in [1.82, 2.24) is 10.3 Å². The molecule has 1 aromatic heterocycles. The van der Waals surface area contributed by atoms with Crippen LogP contribution in [0, 0.1) is 5.92 Å². The second-order valence-electron chi connectivity index (χ2n) is 9.50. The number of amides is 1. The number of hydrogen-bond donors (Lipinski definition) is 2. The fourth-order valence-corrected chi connectivity index (χ4v) is 5.28. The Bertz CT molecular complexity index is 973. The number of halogens is 3. The lowest BCUT2D eigenvalue weighted by atomic mass is 9.82. The Hall–Kier alpha value is -2.35. The van der Waals surface area contributed by atoms with Crippen LogP contribution in [0.15, 0.2) is 30.5 Å². The van der Waals surface area contributed by atoms with E-state index in [9.17, 15) is 23.1 Å². The van der Waals surface area contributed by atoms with Gasteiger partial charge in [0, 0.05) is 36.4 Å². The monoisotopic (exact) mass is 449 g/mol. The zero-order valence-electron chi connectivity index (χ0n) is 18.3. The number of carbonyl (C=O) groups excluding carboxylic acids is 1. The molecule has 0 radical (unpaired) electrons. The van der Waals surface area contributed by atoms with Crippen molar-refractivity contribution in [2.24, 2.45) is 5.92 Å². The number of anilines is 1. The number of fused-ring (bicyclic) bond motifs is 1. The Balaban J connectivity index is 1.52. The molecular weight excluding hydrogens is 419 g/mol. The minimum atomic E-state index is -4.48. The van der Waals surface area contributed by atoms with Crippen LogP contribution in [0.3, 0.4) is 0 Å². The molecule has 0 bridgehead atoms. The van der Waals surface area contributed by atoms with Crippen molar-refractivity contribution in [2.45, 2.75) is 69.7 Å². The van der Waals surface area contributed by atoms with Crippen molar-refractivity contribution < 1.29 is 23.1 Å². The summed E-state index contributed by atoms with van der Waals surface area (Å²) in [5.41, 5.74) is -1.03. The summed E-state index contributed by atoms with van der Waals surface area (Å²) >= 11 is 0. The van der Waals surface area contributed by atoms with Gasteiger partial charge in [-0.05, 0) is 49.4 Å². The van der Waals surface area contributed by atoms with Crippen LogP contribution in [-0.2, 0) is 11.0 Å². The number of rotatable bonds is 4. The molecule has 174 valence electrons. The van der Waals surface area contributed by atoms with Crippen LogP contribution in [0.4, 0.5) is 18.9 Å². The molecule has 1 aliphatic carbocycles. The van der Waals surface area contributed by atoms with Gasteiger partial charge in [0.1, 0.15) is 0 Å². The van der Waals surface area contributed by atoms with Crippen LogP contribution in [0.5, 0.6) is 0 Å². The summed E-state index contributed by atoms with van der Waals surface area (Å²) in [6, 6.07) is 5.78. The molecule has 1 saturated carbocycles. The fraction of sp³-hybridized carbons (Fsp3) is 0.583. The lowest BCUT2D eigenvalue weighted by molar-refractivity contribution is -0.136. The van der Waals surface area contributed by atoms with Crippen LogP contribution < -0.4 is 10.2 Å². The maximum Gasteiger partial charge on any atom is 0.418 e. The number of nitrogens with zero attached hydrogens (tertiary/aromatic N) is 2. The van der Waals surface area contributed by atoms with Gasteiger partial charge >= 0.3 is 6.18 Å². The largest absolute Gasteiger partial charge is 0.418 e. The molecule has 1 aromatic carbocycles. The summed E-state index contributed by atoms with van der Waals surface area (Å²) < 4.78 is 40.4. The molecule has 2 aromatic rings. The number of carbonyl (C=O) groups is 1. The Labute approximate surface area is 186 Å². The van der Waals surface area contributed by atoms with Gasteiger partial charge in [-0.3, -0.25) is 9.78 Å². The number of piperidine rings is 1. The number of alkyl halides is 3. The standard InChI is InChI=1S/C24H30F3N3O2/c1-16-12-17(29-21(31)13-23(32)9-3-2-4-10-23)15-30(14-16)20-8-7-19(24(25,26)27)22-18(20)6-5-11-28-22/h5-8,11,16-17,32H,2-4,9-10,12-15H2,1H3,(H,29,31). The molecule has 2 N–H and O–H groups in total. The van der Waals surface area contributed by atoms with E-state index in [1.165, 1.54) is 12.3 Å². The van der Waals surface area contributed by atoms with Gasteiger partial charge in [0.2, 0.25) is 5.91 Å². The molecule has 2 heterocycles. The molecule has 1 aliphatic heterocycles. The third kappa shape index (κ3) is 5.00. The summed E-state index contributed by atoms with van der Waals surface area (Å²) in [5.74, 6) is 0.0909. The lowest BCUT2D eigenvalue weighted by Gasteiger charge is -2.39. The number of aromatic nitrogens is 1. The van der Waals surface area contributed by atoms with E-state index in [1.54, 1.807) is 12.1 Å². The van der Waals surface area contributed by atoms with E-state index in [2.05, 4.69) is 17.2 Å². The van der Waals surface area contributed by atoms with Crippen molar-refractivity contribution in [3.8, 4) is 0 Å². The average molecular weight is 450 g/mol. The summed E-state index contributed by atoms with van der Waals surface area (Å²) in [6.45, 7) is 3.26. The number of benzene rings is 1. The molecule has 1 amide bonds. The molecule has 2 fully saturated rings. The fourth-order valence-electron chi connectivity index (χ4n) is 5.28. The maximum absolute atomic E-state index is 13.5. The van der Waals surface area contributed by atoms with Gasteiger partial charge in [0.25, 0.3) is 0 Å². The number of aliphatic hydroxyl groups is 1. The smallest absolute Gasteiger partial charge is 0.389 e. The van der Waals surface area contributed by atoms with Crippen molar-refractivity contribution >= 4 is 22.5 Å². The lowest BCUT2D eigenvalue weighted by Crippen LogP contribution is -2.51. The predicted octanol–water partition coefficient (Wildman–Crippen LogP) is 4.67. The zero-order valence-corrected chi connectivity index (χ0v) is 18.3. The Kier molecular flexibility index (Phi) is 6.34. The summed E-state index contributed by atoms with van der Waals surface area (Å²) in [7, 11) is 0. The van der Waals surface area contributed by atoms with Gasteiger partial charge in [-0.2, -0.15) is 13.2 Å². The highest BCUT2D eigenvalue weighted by atomic mass is 19.4. The molecule has 2 atom stereocenters. The third-order valence-electron chi connectivity index (χ3n) is 6.69. The highest BCUT2D eigenvalue weighted by Gasteiger charge is 2.36. The van der Waals surface area contributed by atoms with E-state index in [0.29, 0.717) is 37.0 Å². The van der Waals surface area contributed by atoms with Gasteiger partial charge in [-0.1, -0.05) is 26.2 Å². The highest BCUT2D eigenvalue weighted by molar-refractivity contribution is 5.94. The highest BCUT2D eigenvalue weighted by Crippen LogP contribution is 2.38. The van der Waals surface area contributed by atoms with E-state index < -0.39 is 17.3 Å². The van der Waals surface area contributed by atoms with Gasteiger partial charge in [0.15, 0.2) is 0 Å². The molecule has 0 spiro atoms. The predicted molar refractivity (Wildman–Crippen MR) is 117 cm³/mol. The third-order valence-corrected chi connectivity index (χ3v) is 6.69. The van der Waals surface area contributed by atoms with Gasteiger partial charge < -0.3 is 15.3 Å². The van der Waals surface area contributed by atoms with Gasteiger partial charge in [-0.15, -0.1) is 0 Å². The van der Waals surface area contributed by atoms with Gasteiger partial charge in [-0.25, -0.2) is 0 Å². The quantitative estimate of drug-likeness (QED) is 0.712. The molecule has 32 heavy (non-hydrogen) atoms. The van der Waals surface area contributed by atoms with Gasteiger partial charge in [0.05, 0.1) is 23.1 Å². The molecule has 2 unspecified atom stereocenters. The van der Waals surface area contributed by atoms with E-state index in [1.807, 2.05) is 4.90 Å².